The van der Waals surface area contributed by atoms with Crippen molar-refractivity contribution >= 4 is 16.9 Å². The average Bonchev–Trinajstić information content (AvgIpc) is 2.81. The number of fused-ring (bicyclic) bond motifs is 1. The summed E-state index contributed by atoms with van der Waals surface area (Å²) in [5, 5.41) is 13.3. The topological polar surface area (TPSA) is 62.5 Å². The molecule has 114 valence electrons. The van der Waals surface area contributed by atoms with E-state index in [1.807, 2.05) is 39.8 Å². The highest BCUT2D eigenvalue weighted by Gasteiger charge is 2.19. The molecular formula is C17H23NO3. The molecule has 1 aromatic carbocycles. The number of aliphatic hydroxyl groups excluding tert-OH is 1. The number of hydrogen-bond donors (Lipinski definition) is 2. The summed E-state index contributed by atoms with van der Waals surface area (Å²) < 4.78 is 5.78. The Kier molecular flexibility index (Phi) is 4.68. The molecule has 4 nitrogen and oxygen atoms in total. The Labute approximate surface area is 125 Å². The second-order valence-electron chi connectivity index (χ2n) is 5.57. The molecule has 0 fully saturated rings. The summed E-state index contributed by atoms with van der Waals surface area (Å²) in [6.07, 6.45) is 0.879. The summed E-state index contributed by atoms with van der Waals surface area (Å²) in [6.45, 7) is 8.27. The smallest absolute Gasteiger partial charge is 0.287 e. The van der Waals surface area contributed by atoms with Gasteiger partial charge in [0.25, 0.3) is 5.91 Å². The largest absolute Gasteiger partial charge is 0.450 e. The van der Waals surface area contributed by atoms with E-state index in [4.69, 9.17) is 4.42 Å². The molecule has 2 rings (SSSR count). The summed E-state index contributed by atoms with van der Waals surface area (Å²) in [4.78, 5) is 12.2. The highest BCUT2D eigenvalue weighted by Crippen LogP contribution is 2.30. The molecule has 0 saturated heterocycles. The van der Waals surface area contributed by atoms with Gasteiger partial charge in [0.15, 0.2) is 5.76 Å². The fourth-order valence-electron chi connectivity index (χ4n) is 2.53. The van der Waals surface area contributed by atoms with Crippen LogP contribution in [0.5, 0.6) is 0 Å². The van der Waals surface area contributed by atoms with Gasteiger partial charge < -0.3 is 14.8 Å². The third-order valence-corrected chi connectivity index (χ3v) is 3.92. The standard InChI is InChI=1S/C17H23NO3/c1-5-13(19)8-9-18-17(20)16-12(4)14-10(2)6-7-11(3)15(14)21-16/h6-7,13,19H,5,8-9H2,1-4H3,(H,18,20). The number of carbonyl (C=O) groups is 1. The molecule has 1 atom stereocenters. The lowest BCUT2D eigenvalue weighted by molar-refractivity contribution is 0.0915. The summed E-state index contributed by atoms with van der Waals surface area (Å²) in [6, 6.07) is 4.04. The predicted molar refractivity (Wildman–Crippen MR) is 83.7 cm³/mol. The van der Waals surface area contributed by atoms with Crippen LogP contribution in [-0.2, 0) is 0 Å². The number of nitrogens with one attached hydrogen (secondary N) is 1. The fourth-order valence-corrected chi connectivity index (χ4v) is 2.53. The predicted octanol–water partition coefficient (Wildman–Crippen LogP) is 3.25. The van der Waals surface area contributed by atoms with E-state index in [-0.39, 0.29) is 12.0 Å². The Balaban J connectivity index is 2.22. The van der Waals surface area contributed by atoms with Gasteiger partial charge in [0.05, 0.1) is 6.10 Å². The molecule has 1 unspecified atom stereocenters. The first-order valence-corrected chi connectivity index (χ1v) is 7.41. The van der Waals surface area contributed by atoms with E-state index in [9.17, 15) is 9.90 Å². The molecule has 2 N–H and O–H groups in total. The number of furan rings is 1. The van der Waals surface area contributed by atoms with E-state index in [1.54, 1.807) is 0 Å². The molecule has 0 spiro atoms. The zero-order valence-electron chi connectivity index (χ0n) is 13.1. The van der Waals surface area contributed by atoms with Gasteiger partial charge in [-0.1, -0.05) is 19.1 Å². The van der Waals surface area contributed by atoms with Crippen molar-refractivity contribution in [2.24, 2.45) is 0 Å². The molecule has 0 aliphatic carbocycles. The molecule has 0 aliphatic rings. The zero-order chi connectivity index (χ0) is 15.6. The maximum atomic E-state index is 12.2. The van der Waals surface area contributed by atoms with Crippen LogP contribution in [0.3, 0.4) is 0 Å². The van der Waals surface area contributed by atoms with Crippen molar-refractivity contribution < 1.29 is 14.3 Å². The highest BCUT2D eigenvalue weighted by atomic mass is 16.3. The van der Waals surface area contributed by atoms with Crippen molar-refractivity contribution in [3.05, 3.63) is 34.6 Å². The SMILES string of the molecule is CCC(O)CCNC(=O)c1oc2c(C)ccc(C)c2c1C. The molecule has 1 amide bonds. The molecule has 0 radical (unpaired) electrons. The Morgan fingerprint density at radius 3 is 2.57 bits per heavy atom. The van der Waals surface area contributed by atoms with Gasteiger partial charge in [0.1, 0.15) is 5.58 Å². The van der Waals surface area contributed by atoms with Crippen LogP contribution in [0.15, 0.2) is 16.5 Å². The third-order valence-electron chi connectivity index (χ3n) is 3.92. The Morgan fingerprint density at radius 1 is 1.29 bits per heavy atom. The van der Waals surface area contributed by atoms with E-state index in [0.29, 0.717) is 25.1 Å². The minimum absolute atomic E-state index is 0.217. The zero-order valence-corrected chi connectivity index (χ0v) is 13.1. The number of rotatable bonds is 5. The number of carbonyl (C=O) groups excluding carboxylic acids is 1. The van der Waals surface area contributed by atoms with Crippen LogP contribution in [0.25, 0.3) is 11.0 Å². The van der Waals surface area contributed by atoms with Crippen LogP contribution >= 0.6 is 0 Å². The first-order valence-electron chi connectivity index (χ1n) is 7.41. The molecule has 0 bridgehead atoms. The molecule has 21 heavy (non-hydrogen) atoms. The molecule has 1 aromatic heterocycles. The summed E-state index contributed by atoms with van der Waals surface area (Å²) >= 11 is 0. The maximum Gasteiger partial charge on any atom is 0.287 e. The number of benzene rings is 1. The maximum absolute atomic E-state index is 12.2. The van der Waals surface area contributed by atoms with Gasteiger partial charge in [0, 0.05) is 17.5 Å². The van der Waals surface area contributed by atoms with Crippen LogP contribution in [-0.4, -0.2) is 23.7 Å². The van der Waals surface area contributed by atoms with Crippen LogP contribution in [0.1, 0.15) is 47.0 Å². The van der Waals surface area contributed by atoms with E-state index >= 15 is 0 Å². The van der Waals surface area contributed by atoms with E-state index in [0.717, 1.165) is 27.7 Å². The van der Waals surface area contributed by atoms with Gasteiger partial charge in [-0.15, -0.1) is 0 Å². The number of aryl methyl sites for hydroxylation is 3. The van der Waals surface area contributed by atoms with E-state index < -0.39 is 0 Å². The van der Waals surface area contributed by atoms with Crippen LogP contribution in [0.2, 0.25) is 0 Å². The number of amides is 1. The Bertz CT molecular complexity index is 658. The van der Waals surface area contributed by atoms with E-state index in [2.05, 4.69) is 5.32 Å². The van der Waals surface area contributed by atoms with Crippen molar-refractivity contribution in [3.63, 3.8) is 0 Å². The summed E-state index contributed by atoms with van der Waals surface area (Å²) in [5.41, 5.74) is 3.79. The Hall–Kier alpha value is -1.81. The lowest BCUT2D eigenvalue weighted by atomic mass is 10.0. The van der Waals surface area contributed by atoms with Crippen molar-refractivity contribution in [1.82, 2.24) is 5.32 Å². The molecule has 2 aromatic rings. The monoisotopic (exact) mass is 289 g/mol. The average molecular weight is 289 g/mol. The van der Waals surface area contributed by atoms with Crippen LogP contribution in [0.4, 0.5) is 0 Å². The van der Waals surface area contributed by atoms with Gasteiger partial charge >= 0.3 is 0 Å². The quantitative estimate of drug-likeness (QED) is 0.888. The normalized spacial score (nSPS) is 12.6. The van der Waals surface area contributed by atoms with Crippen LogP contribution < -0.4 is 5.32 Å². The third kappa shape index (κ3) is 3.10. The van der Waals surface area contributed by atoms with Gasteiger partial charge in [-0.3, -0.25) is 4.79 Å². The van der Waals surface area contributed by atoms with Gasteiger partial charge in [-0.05, 0) is 44.7 Å². The van der Waals surface area contributed by atoms with Gasteiger partial charge in [-0.25, -0.2) is 0 Å². The van der Waals surface area contributed by atoms with Crippen molar-refractivity contribution in [2.75, 3.05) is 6.54 Å². The van der Waals surface area contributed by atoms with E-state index in [1.165, 1.54) is 0 Å². The second kappa shape index (κ2) is 6.31. The highest BCUT2D eigenvalue weighted by molar-refractivity contribution is 6.00. The molecule has 0 aliphatic heterocycles. The second-order valence-corrected chi connectivity index (χ2v) is 5.57. The molecule has 1 heterocycles. The van der Waals surface area contributed by atoms with Crippen LogP contribution in [0, 0.1) is 20.8 Å². The minimum atomic E-state index is -0.369. The van der Waals surface area contributed by atoms with Crippen molar-refractivity contribution in [3.8, 4) is 0 Å². The lowest BCUT2D eigenvalue weighted by Gasteiger charge is -2.08. The first kappa shape index (κ1) is 15.6. The first-order chi connectivity index (χ1) is 9.95. The summed E-state index contributed by atoms with van der Waals surface area (Å²) in [5.74, 6) is 0.152. The summed E-state index contributed by atoms with van der Waals surface area (Å²) in [7, 11) is 0. The number of aliphatic hydroxyl groups is 1. The molecular weight excluding hydrogens is 266 g/mol. The lowest BCUT2D eigenvalue weighted by Crippen LogP contribution is -2.27. The van der Waals surface area contributed by atoms with Gasteiger partial charge in [0.2, 0.25) is 0 Å². The molecule has 4 heteroatoms. The molecule has 0 saturated carbocycles. The van der Waals surface area contributed by atoms with Crippen molar-refractivity contribution in [1.29, 1.82) is 0 Å². The number of hydrogen-bond acceptors (Lipinski definition) is 3. The Morgan fingerprint density at radius 2 is 1.95 bits per heavy atom. The minimum Gasteiger partial charge on any atom is -0.450 e. The van der Waals surface area contributed by atoms with Crippen molar-refractivity contribution in [2.45, 2.75) is 46.6 Å². The van der Waals surface area contributed by atoms with Gasteiger partial charge in [-0.2, -0.15) is 0 Å². The fraction of sp³-hybridized carbons (Fsp3) is 0.471.